The zero-order chi connectivity index (χ0) is 18.4. The lowest BCUT2D eigenvalue weighted by Crippen LogP contribution is -2.20. The predicted molar refractivity (Wildman–Crippen MR) is 115 cm³/mol. The molecule has 0 bridgehead atoms. The lowest BCUT2D eigenvalue weighted by molar-refractivity contribution is 0.0200. The molecule has 0 aromatic rings. The third kappa shape index (κ3) is 20.4. The molecule has 0 spiro atoms. The second-order valence-corrected chi connectivity index (χ2v) is 7.78. The van der Waals surface area contributed by atoms with Gasteiger partial charge >= 0.3 is 0 Å². The van der Waals surface area contributed by atoms with Crippen LogP contribution < -0.4 is 0 Å². The molecule has 0 saturated carbocycles. The maximum absolute atomic E-state index is 5.62. The van der Waals surface area contributed by atoms with Crippen LogP contribution in [-0.4, -0.2) is 32.2 Å². The number of hydrogen-bond donors (Lipinski definition) is 1. The zero-order valence-electron chi connectivity index (χ0n) is 17.3. The first kappa shape index (κ1) is 25.3. The van der Waals surface area contributed by atoms with E-state index in [2.05, 4.69) is 19.6 Å². The molecule has 0 rings (SSSR count). The van der Waals surface area contributed by atoms with Crippen LogP contribution in [0.3, 0.4) is 0 Å². The van der Waals surface area contributed by atoms with E-state index >= 15 is 0 Å². The van der Waals surface area contributed by atoms with Gasteiger partial charge in [0.05, 0.1) is 12.7 Å². The van der Waals surface area contributed by atoms with Crippen LogP contribution in [0.25, 0.3) is 0 Å². The van der Waals surface area contributed by atoms with Crippen LogP contribution in [0, 0.1) is 0 Å². The molecule has 3 heteroatoms. The van der Waals surface area contributed by atoms with E-state index in [-0.39, 0.29) is 6.10 Å². The van der Waals surface area contributed by atoms with Gasteiger partial charge in [-0.15, -0.1) is 0 Å². The smallest absolute Gasteiger partial charge is 0.0892 e. The predicted octanol–water partition coefficient (Wildman–Crippen LogP) is 7.21. The van der Waals surface area contributed by atoms with Crippen molar-refractivity contribution >= 4 is 12.6 Å². The summed E-state index contributed by atoms with van der Waals surface area (Å²) in [4.78, 5) is 0. The molecule has 0 saturated heterocycles. The van der Waals surface area contributed by atoms with Crippen LogP contribution >= 0.6 is 12.6 Å². The van der Waals surface area contributed by atoms with Crippen molar-refractivity contribution in [1.29, 1.82) is 0 Å². The number of ether oxygens (including phenoxy) is 2. The summed E-state index contributed by atoms with van der Waals surface area (Å²) < 4.78 is 10.9. The van der Waals surface area contributed by atoms with Gasteiger partial charge in [0.15, 0.2) is 0 Å². The molecule has 152 valence electrons. The Morgan fingerprint density at radius 1 is 0.640 bits per heavy atom. The third-order valence-electron chi connectivity index (χ3n) is 4.98. The van der Waals surface area contributed by atoms with Crippen molar-refractivity contribution in [2.75, 3.05) is 26.1 Å². The molecule has 2 nitrogen and oxygen atoms in total. The van der Waals surface area contributed by atoms with E-state index in [0.29, 0.717) is 6.61 Å². The normalized spacial score (nSPS) is 12.6. The van der Waals surface area contributed by atoms with Crippen LogP contribution in [0.2, 0.25) is 0 Å². The minimum Gasteiger partial charge on any atom is -0.379 e. The average molecular weight is 375 g/mol. The topological polar surface area (TPSA) is 18.5 Å². The summed E-state index contributed by atoms with van der Waals surface area (Å²) in [6.45, 7) is 3.84. The Bertz CT molecular complexity index is 232. The number of thiol groups is 1. The largest absolute Gasteiger partial charge is 0.379 e. The summed E-state index contributed by atoms with van der Waals surface area (Å²) in [5.41, 5.74) is 0. The van der Waals surface area contributed by atoms with E-state index in [1.165, 1.54) is 103 Å². The van der Waals surface area contributed by atoms with Crippen molar-refractivity contribution in [1.82, 2.24) is 0 Å². The fourth-order valence-corrected chi connectivity index (χ4v) is 3.42. The molecular weight excluding hydrogens is 328 g/mol. The Labute approximate surface area is 164 Å². The van der Waals surface area contributed by atoms with E-state index < -0.39 is 0 Å². The summed E-state index contributed by atoms with van der Waals surface area (Å²) in [6, 6.07) is 0. The molecule has 25 heavy (non-hydrogen) atoms. The van der Waals surface area contributed by atoms with Gasteiger partial charge in [0.1, 0.15) is 0 Å². The molecule has 1 unspecified atom stereocenters. The lowest BCUT2D eigenvalue weighted by atomic mass is 10.0. The monoisotopic (exact) mass is 374 g/mol. The zero-order valence-corrected chi connectivity index (χ0v) is 18.2. The fourth-order valence-electron chi connectivity index (χ4n) is 3.16. The summed E-state index contributed by atoms with van der Waals surface area (Å²) in [7, 11) is 1.72. The van der Waals surface area contributed by atoms with Crippen molar-refractivity contribution in [2.45, 2.75) is 116 Å². The first-order valence-electron chi connectivity index (χ1n) is 11.1. The summed E-state index contributed by atoms with van der Waals surface area (Å²) in [5, 5.41) is 0. The first-order valence-corrected chi connectivity index (χ1v) is 11.7. The van der Waals surface area contributed by atoms with Crippen molar-refractivity contribution in [3.63, 3.8) is 0 Å². The Morgan fingerprint density at radius 2 is 1.04 bits per heavy atom. The Morgan fingerprint density at radius 3 is 1.40 bits per heavy atom. The maximum Gasteiger partial charge on any atom is 0.0892 e. The minimum atomic E-state index is 0.143. The standard InChI is InChI=1S/C22H46O2S/c1-3-4-5-6-7-8-9-10-11-12-13-14-15-16-17-18-19-24-20-22(21-25)23-2/h22,25H,3-21H2,1-2H3. The van der Waals surface area contributed by atoms with Crippen LogP contribution in [0.4, 0.5) is 0 Å². The highest BCUT2D eigenvalue weighted by molar-refractivity contribution is 7.80. The first-order chi connectivity index (χ1) is 12.3. The van der Waals surface area contributed by atoms with Gasteiger partial charge in [-0.1, -0.05) is 103 Å². The fraction of sp³-hybridized carbons (Fsp3) is 1.00. The SMILES string of the molecule is CCCCCCCCCCCCCCCCCCOCC(CS)OC. The molecule has 1 atom stereocenters. The van der Waals surface area contributed by atoms with Gasteiger partial charge in [0.2, 0.25) is 0 Å². The van der Waals surface area contributed by atoms with Crippen molar-refractivity contribution < 1.29 is 9.47 Å². The molecule has 0 fully saturated rings. The van der Waals surface area contributed by atoms with Crippen LogP contribution in [0.15, 0.2) is 0 Å². The van der Waals surface area contributed by atoms with Crippen molar-refractivity contribution in [3.8, 4) is 0 Å². The summed E-state index contributed by atoms with van der Waals surface area (Å²) in [5.74, 6) is 0.732. The van der Waals surface area contributed by atoms with Gasteiger partial charge < -0.3 is 9.47 Å². The van der Waals surface area contributed by atoms with E-state index in [4.69, 9.17) is 9.47 Å². The highest BCUT2D eigenvalue weighted by Gasteiger charge is 2.03. The second kappa shape index (κ2) is 22.3. The van der Waals surface area contributed by atoms with Gasteiger partial charge in [-0.2, -0.15) is 12.6 Å². The molecule has 0 radical (unpaired) electrons. The number of unbranched alkanes of at least 4 members (excludes halogenated alkanes) is 15. The molecule has 0 aromatic heterocycles. The average Bonchev–Trinajstić information content (AvgIpc) is 2.64. The molecular formula is C22H46O2S. The van der Waals surface area contributed by atoms with Crippen LogP contribution in [-0.2, 0) is 9.47 Å². The van der Waals surface area contributed by atoms with Gasteiger partial charge in [-0.05, 0) is 6.42 Å². The highest BCUT2D eigenvalue weighted by atomic mass is 32.1. The molecule has 0 amide bonds. The van der Waals surface area contributed by atoms with E-state index in [0.717, 1.165) is 12.4 Å². The molecule has 0 N–H and O–H groups in total. The summed E-state index contributed by atoms with van der Waals surface area (Å²) in [6.07, 6.45) is 22.7. The summed E-state index contributed by atoms with van der Waals surface area (Å²) >= 11 is 4.23. The molecule has 0 aliphatic carbocycles. The number of hydrogen-bond acceptors (Lipinski definition) is 3. The lowest BCUT2D eigenvalue weighted by Gasteiger charge is -2.12. The molecule has 0 heterocycles. The van der Waals surface area contributed by atoms with Crippen LogP contribution in [0.1, 0.15) is 110 Å². The highest BCUT2D eigenvalue weighted by Crippen LogP contribution is 2.13. The molecule has 0 aromatic carbocycles. The van der Waals surface area contributed by atoms with Gasteiger partial charge in [-0.25, -0.2) is 0 Å². The van der Waals surface area contributed by atoms with Crippen molar-refractivity contribution in [3.05, 3.63) is 0 Å². The number of rotatable bonds is 21. The Balaban J connectivity index is 3.03. The van der Waals surface area contributed by atoms with Gasteiger partial charge in [-0.3, -0.25) is 0 Å². The van der Waals surface area contributed by atoms with E-state index in [9.17, 15) is 0 Å². The third-order valence-corrected chi connectivity index (χ3v) is 5.39. The number of methoxy groups -OCH3 is 1. The van der Waals surface area contributed by atoms with E-state index in [1.807, 2.05) is 0 Å². The molecule has 0 aliphatic heterocycles. The molecule has 0 aliphatic rings. The second-order valence-electron chi connectivity index (χ2n) is 7.42. The van der Waals surface area contributed by atoms with Gasteiger partial charge in [0, 0.05) is 19.5 Å². The van der Waals surface area contributed by atoms with Crippen molar-refractivity contribution in [2.24, 2.45) is 0 Å². The van der Waals surface area contributed by atoms with Crippen LogP contribution in [0.5, 0.6) is 0 Å². The van der Waals surface area contributed by atoms with Gasteiger partial charge in [0.25, 0.3) is 0 Å². The Hall–Kier alpha value is 0.270. The Kier molecular flexibility index (Phi) is 22.6. The quantitative estimate of drug-likeness (QED) is 0.169. The maximum atomic E-state index is 5.62. The minimum absolute atomic E-state index is 0.143. The van der Waals surface area contributed by atoms with E-state index in [1.54, 1.807) is 7.11 Å².